The third-order valence-corrected chi connectivity index (χ3v) is 6.57. The molecule has 2 aliphatic rings. The standard InChI is InChI=1S/C25H26.2ClH.Ti/c1-4-5-18-25(3,24(2)16-10-11-17-24)23-21-14-8-6-12-19(21)20-13-7-9-15-22(20)23;;;/h4,6-17,23H,1,5,18H2,2-3H3;2*1H;/q;;;+2/p-2. The molecule has 3 heteroatoms. The second-order valence-corrected chi connectivity index (χ2v) is 7.85. The fourth-order valence-electron chi connectivity index (χ4n) is 4.92. The van der Waals surface area contributed by atoms with Crippen molar-refractivity contribution in [2.75, 3.05) is 0 Å². The summed E-state index contributed by atoms with van der Waals surface area (Å²) in [5, 5.41) is 0. The van der Waals surface area contributed by atoms with Crippen molar-refractivity contribution in [2.45, 2.75) is 32.6 Å². The van der Waals surface area contributed by atoms with E-state index in [4.69, 9.17) is 0 Å². The first-order valence-electron chi connectivity index (χ1n) is 9.27. The van der Waals surface area contributed by atoms with Crippen LogP contribution in [0.25, 0.3) is 11.1 Å². The quantitative estimate of drug-likeness (QED) is 0.475. The molecule has 0 amide bonds. The molecule has 0 saturated carbocycles. The van der Waals surface area contributed by atoms with Gasteiger partial charge in [-0.05, 0) is 40.5 Å². The van der Waals surface area contributed by atoms with Gasteiger partial charge in [0.2, 0.25) is 0 Å². The SMILES string of the molecule is C=CCCC(C)(C1c2ccccc2-c2ccccc21)C1(C)C=CC=C1.[Cl-].[Cl-].[Ti+2]. The summed E-state index contributed by atoms with van der Waals surface area (Å²) in [7, 11) is 0. The largest absolute Gasteiger partial charge is 2.00 e. The van der Waals surface area contributed by atoms with Crippen molar-refractivity contribution < 1.29 is 46.5 Å². The Labute approximate surface area is 196 Å². The van der Waals surface area contributed by atoms with Crippen LogP contribution in [0.4, 0.5) is 0 Å². The molecular formula is C25H26Cl2Ti. The first-order chi connectivity index (χ1) is 12.1. The summed E-state index contributed by atoms with van der Waals surface area (Å²) in [6, 6.07) is 17.9. The Morgan fingerprint density at radius 3 is 1.86 bits per heavy atom. The summed E-state index contributed by atoms with van der Waals surface area (Å²) in [6.45, 7) is 8.85. The smallest absolute Gasteiger partial charge is 1.00 e. The molecule has 0 heterocycles. The molecule has 1 atom stereocenters. The van der Waals surface area contributed by atoms with Crippen LogP contribution in [0.5, 0.6) is 0 Å². The van der Waals surface area contributed by atoms with Gasteiger partial charge in [-0.1, -0.05) is 92.8 Å². The molecule has 0 aromatic heterocycles. The molecule has 144 valence electrons. The topological polar surface area (TPSA) is 0 Å². The maximum atomic E-state index is 3.99. The van der Waals surface area contributed by atoms with Gasteiger partial charge in [0, 0.05) is 11.3 Å². The summed E-state index contributed by atoms with van der Waals surface area (Å²) in [6.07, 6.45) is 13.4. The molecule has 2 aromatic rings. The minimum atomic E-state index is 0. The minimum absolute atomic E-state index is 0. The van der Waals surface area contributed by atoms with E-state index in [2.05, 4.69) is 99.3 Å². The van der Waals surface area contributed by atoms with Gasteiger partial charge in [-0.15, -0.1) is 6.58 Å². The van der Waals surface area contributed by atoms with Crippen LogP contribution < -0.4 is 24.8 Å². The molecule has 0 bridgehead atoms. The van der Waals surface area contributed by atoms with Crippen molar-refractivity contribution in [2.24, 2.45) is 10.8 Å². The van der Waals surface area contributed by atoms with Crippen LogP contribution in [0, 0.1) is 10.8 Å². The number of benzene rings is 2. The summed E-state index contributed by atoms with van der Waals surface area (Å²) in [5.41, 5.74) is 5.90. The van der Waals surface area contributed by atoms with Crippen LogP contribution in [0.3, 0.4) is 0 Å². The normalized spacial score (nSPS) is 17.4. The van der Waals surface area contributed by atoms with E-state index in [0.717, 1.165) is 12.8 Å². The summed E-state index contributed by atoms with van der Waals surface area (Å²) < 4.78 is 0. The molecular weight excluding hydrogens is 419 g/mol. The van der Waals surface area contributed by atoms with Gasteiger partial charge in [-0.3, -0.25) is 0 Å². The first kappa shape index (κ1) is 25.0. The zero-order valence-corrected chi connectivity index (χ0v) is 19.5. The minimum Gasteiger partial charge on any atom is -1.00 e. The van der Waals surface area contributed by atoms with E-state index < -0.39 is 0 Å². The Bertz CT molecular complexity index is 826. The predicted octanol–water partition coefficient (Wildman–Crippen LogP) is 0.909. The van der Waals surface area contributed by atoms with E-state index in [9.17, 15) is 0 Å². The molecule has 2 aliphatic carbocycles. The maximum Gasteiger partial charge on any atom is 2.00 e. The second kappa shape index (κ2) is 9.64. The molecule has 1 unspecified atom stereocenters. The van der Waals surface area contributed by atoms with Crippen LogP contribution in [-0.4, -0.2) is 0 Å². The molecule has 0 N–H and O–H groups in total. The molecule has 0 fully saturated rings. The maximum absolute atomic E-state index is 3.99. The van der Waals surface area contributed by atoms with E-state index in [1.807, 2.05) is 0 Å². The van der Waals surface area contributed by atoms with E-state index in [-0.39, 0.29) is 57.4 Å². The molecule has 0 radical (unpaired) electrons. The van der Waals surface area contributed by atoms with Gasteiger partial charge in [0.25, 0.3) is 0 Å². The van der Waals surface area contributed by atoms with E-state index in [1.165, 1.54) is 22.3 Å². The summed E-state index contributed by atoms with van der Waals surface area (Å²) in [5.74, 6) is 0.400. The van der Waals surface area contributed by atoms with E-state index in [1.54, 1.807) is 0 Å². The fraction of sp³-hybridized carbons (Fsp3) is 0.280. The van der Waals surface area contributed by atoms with Crippen LogP contribution in [0.15, 0.2) is 85.5 Å². The van der Waals surface area contributed by atoms with Gasteiger partial charge in [0.15, 0.2) is 0 Å². The Morgan fingerprint density at radius 1 is 0.929 bits per heavy atom. The fourth-order valence-corrected chi connectivity index (χ4v) is 4.92. The van der Waals surface area contributed by atoms with Gasteiger partial charge in [-0.25, -0.2) is 0 Å². The van der Waals surface area contributed by atoms with E-state index >= 15 is 0 Å². The molecule has 28 heavy (non-hydrogen) atoms. The molecule has 2 aromatic carbocycles. The van der Waals surface area contributed by atoms with Crippen LogP contribution in [0.1, 0.15) is 43.7 Å². The van der Waals surface area contributed by atoms with Gasteiger partial charge >= 0.3 is 21.7 Å². The van der Waals surface area contributed by atoms with Crippen molar-refractivity contribution in [1.82, 2.24) is 0 Å². The number of hydrogen-bond acceptors (Lipinski definition) is 0. The third kappa shape index (κ3) is 3.73. The zero-order chi connectivity index (χ0) is 17.5. The summed E-state index contributed by atoms with van der Waals surface area (Å²) >= 11 is 0. The van der Waals surface area contributed by atoms with Crippen LogP contribution in [-0.2, 0) is 21.7 Å². The first-order valence-corrected chi connectivity index (χ1v) is 9.27. The molecule has 0 nitrogen and oxygen atoms in total. The molecule has 0 aliphatic heterocycles. The van der Waals surface area contributed by atoms with E-state index in [0.29, 0.717) is 5.92 Å². The van der Waals surface area contributed by atoms with Gasteiger partial charge in [0.1, 0.15) is 0 Å². The third-order valence-electron chi connectivity index (χ3n) is 6.57. The summed E-state index contributed by atoms with van der Waals surface area (Å²) in [4.78, 5) is 0. The Hall–Kier alpha value is -1.05. The Balaban J connectivity index is 0.00000131. The second-order valence-electron chi connectivity index (χ2n) is 7.85. The number of hydrogen-bond donors (Lipinski definition) is 0. The molecule has 4 rings (SSSR count). The van der Waals surface area contributed by atoms with Gasteiger partial charge < -0.3 is 24.8 Å². The average Bonchev–Trinajstić information content (AvgIpc) is 3.23. The van der Waals surface area contributed by atoms with Crippen LogP contribution >= 0.6 is 0 Å². The number of halogens is 2. The number of allylic oxidation sites excluding steroid dienone is 5. The number of rotatable bonds is 5. The van der Waals surface area contributed by atoms with Crippen molar-refractivity contribution in [3.05, 3.63) is 96.6 Å². The Morgan fingerprint density at radius 2 is 1.39 bits per heavy atom. The zero-order valence-electron chi connectivity index (χ0n) is 16.5. The van der Waals surface area contributed by atoms with Crippen LogP contribution in [0.2, 0.25) is 0 Å². The van der Waals surface area contributed by atoms with Crippen molar-refractivity contribution in [3.8, 4) is 11.1 Å². The molecule has 0 spiro atoms. The predicted molar refractivity (Wildman–Crippen MR) is 108 cm³/mol. The van der Waals surface area contributed by atoms with Crippen molar-refractivity contribution >= 4 is 0 Å². The molecule has 0 saturated heterocycles. The number of fused-ring (bicyclic) bond motifs is 3. The van der Waals surface area contributed by atoms with Crippen molar-refractivity contribution in [3.63, 3.8) is 0 Å². The van der Waals surface area contributed by atoms with Gasteiger partial charge in [-0.2, -0.15) is 0 Å². The monoisotopic (exact) mass is 444 g/mol. The Kier molecular flexibility index (Phi) is 8.60. The average molecular weight is 445 g/mol. The van der Waals surface area contributed by atoms with Crippen molar-refractivity contribution in [1.29, 1.82) is 0 Å². The van der Waals surface area contributed by atoms with Gasteiger partial charge in [0.05, 0.1) is 0 Å².